The predicted octanol–water partition coefficient (Wildman–Crippen LogP) is 2.31. The third-order valence-corrected chi connectivity index (χ3v) is 4.35. The number of carbonyl (C=O) groups is 2. The lowest BCUT2D eigenvalue weighted by Crippen LogP contribution is -2.21. The topological polar surface area (TPSA) is 61.8 Å². The van der Waals surface area contributed by atoms with Gasteiger partial charge in [-0.05, 0) is 6.07 Å². The number of rotatable bonds is 4. The van der Waals surface area contributed by atoms with Gasteiger partial charge < -0.3 is 14.2 Å². The minimum Gasteiger partial charge on any atom is -0.497 e. The van der Waals surface area contributed by atoms with Crippen molar-refractivity contribution in [2.24, 2.45) is 0 Å². The lowest BCUT2D eigenvalue weighted by atomic mass is 10.0. The van der Waals surface area contributed by atoms with E-state index in [1.54, 1.807) is 19.2 Å². The summed E-state index contributed by atoms with van der Waals surface area (Å²) in [6.07, 6.45) is 0.515. The number of Topliss-reactive ketones (excluding diaryl/α,β-unsaturated/α-hetero) is 1. The van der Waals surface area contributed by atoms with Crippen LogP contribution in [0.2, 0.25) is 0 Å². The molecule has 0 radical (unpaired) electrons. The molecule has 1 aliphatic rings. The van der Waals surface area contributed by atoms with Crippen molar-refractivity contribution in [3.63, 3.8) is 0 Å². The Kier molecular flexibility index (Phi) is 4.54. The van der Waals surface area contributed by atoms with E-state index in [9.17, 15) is 9.59 Å². The Morgan fingerprint density at radius 3 is 2.65 bits per heavy atom. The first kappa shape index (κ1) is 14.7. The second-order valence-electron chi connectivity index (χ2n) is 4.35. The molecule has 108 valence electrons. The molecule has 0 N–H and O–H groups in total. The fourth-order valence-electron chi connectivity index (χ4n) is 2.13. The molecule has 0 saturated carbocycles. The van der Waals surface area contributed by atoms with E-state index in [1.165, 1.54) is 26.0 Å². The van der Waals surface area contributed by atoms with Crippen LogP contribution in [0.5, 0.6) is 11.5 Å². The molecule has 0 spiro atoms. The van der Waals surface area contributed by atoms with Crippen LogP contribution in [-0.2, 0) is 9.53 Å². The average molecular weight is 296 g/mol. The summed E-state index contributed by atoms with van der Waals surface area (Å²) >= 11 is 1.48. The molecule has 0 bridgehead atoms. The first-order valence-electron chi connectivity index (χ1n) is 6.11. The number of carbonyl (C=O) groups excluding carboxylic acids is 2. The zero-order valence-electron chi connectivity index (χ0n) is 11.6. The van der Waals surface area contributed by atoms with Crippen LogP contribution in [0.15, 0.2) is 17.0 Å². The number of esters is 1. The van der Waals surface area contributed by atoms with Gasteiger partial charge in [0.05, 0.1) is 33.3 Å². The molecule has 1 aromatic rings. The highest BCUT2D eigenvalue weighted by atomic mass is 32.2. The summed E-state index contributed by atoms with van der Waals surface area (Å²) in [4.78, 5) is 24.4. The molecule has 1 aromatic carbocycles. The smallest absolute Gasteiger partial charge is 0.306 e. The first-order chi connectivity index (χ1) is 9.58. The van der Waals surface area contributed by atoms with Crippen LogP contribution in [0.3, 0.4) is 0 Å². The van der Waals surface area contributed by atoms with Gasteiger partial charge in [0.15, 0.2) is 5.78 Å². The van der Waals surface area contributed by atoms with Crippen molar-refractivity contribution < 1.29 is 23.8 Å². The Bertz CT molecular complexity index is 541. The number of fused-ring (bicyclic) bond motifs is 1. The van der Waals surface area contributed by atoms with Crippen LogP contribution < -0.4 is 9.47 Å². The highest BCUT2D eigenvalue weighted by Gasteiger charge is 2.31. The molecule has 20 heavy (non-hydrogen) atoms. The summed E-state index contributed by atoms with van der Waals surface area (Å²) in [5.41, 5.74) is 0.569. The summed E-state index contributed by atoms with van der Waals surface area (Å²) in [6.45, 7) is 0. The molecule has 1 aliphatic heterocycles. The van der Waals surface area contributed by atoms with Gasteiger partial charge in [-0.3, -0.25) is 9.59 Å². The van der Waals surface area contributed by atoms with E-state index in [1.807, 2.05) is 0 Å². The van der Waals surface area contributed by atoms with Gasteiger partial charge in [-0.25, -0.2) is 0 Å². The number of benzene rings is 1. The Labute approximate surface area is 121 Å². The van der Waals surface area contributed by atoms with E-state index in [2.05, 4.69) is 4.74 Å². The minimum absolute atomic E-state index is 0.0212. The van der Waals surface area contributed by atoms with Gasteiger partial charge in [-0.1, -0.05) is 0 Å². The molecule has 0 aliphatic carbocycles. The summed E-state index contributed by atoms with van der Waals surface area (Å²) in [6, 6.07) is 3.49. The van der Waals surface area contributed by atoms with Crippen LogP contribution in [0.25, 0.3) is 0 Å². The summed E-state index contributed by atoms with van der Waals surface area (Å²) in [7, 11) is 4.42. The van der Waals surface area contributed by atoms with E-state index < -0.39 is 0 Å². The van der Waals surface area contributed by atoms with E-state index >= 15 is 0 Å². The molecule has 1 atom stereocenters. The van der Waals surface area contributed by atoms with Crippen molar-refractivity contribution in [3.8, 4) is 11.5 Å². The number of ether oxygens (including phenoxy) is 3. The second kappa shape index (κ2) is 6.17. The van der Waals surface area contributed by atoms with Crippen molar-refractivity contribution >= 4 is 23.5 Å². The van der Waals surface area contributed by atoms with Gasteiger partial charge >= 0.3 is 5.97 Å². The van der Waals surface area contributed by atoms with Crippen molar-refractivity contribution in [3.05, 3.63) is 17.7 Å². The van der Waals surface area contributed by atoms with Gasteiger partial charge in [0.25, 0.3) is 0 Å². The van der Waals surface area contributed by atoms with Gasteiger partial charge in [-0.2, -0.15) is 0 Å². The molecule has 6 heteroatoms. The molecular formula is C14H16O5S. The Hall–Kier alpha value is -1.69. The summed E-state index contributed by atoms with van der Waals surface area (Å²) < 4.78 is 15.1. The van der Waals surface area contributed by atoms with Crippen LogP contribution in [-0.4, -0.2) is 38.3 Å². The van der Waals surface area contributed by atoms with Gasteiger partial charge in [-0.15, -0.1) is 11.8 Å². The molecule has 0 saturated heterocycles. The molecule has 5 nitrogen and oxygen atoms in total. The zero-order chi connectivity index (χ0) is 14.7. The third kappa shape index (κ3) is 2.90. The molecule has 2 rings (SSSR count). The quantitative estimate of drug-likeness (QED) is 0.795. The Morgan fingerprint density at radius 2 is 2.05 bits per heavy atom. The van der Waals surface area contributed by atoms with Crippen molar-refractivity contribution in [1.29, 1.82) is 0 Å². The highest BCUT2D eigenvalue weighted by Crippen LogP contribution is 2.43. The third-order valence-electron chi connectivity index (χ3n) is 3.10. The van der Waals surface area contributed by atoms with Gasteiger partial charge in [0.2, 0.25) is 0 Å². The van der Waals surface area contributed by atoms with Crippen LogP contribution in [0, 0.1) is 0 Å². The average Bonchev–Trinajstić information content (AvgIpc) is 2.45. The number of hydrogen-bond acceptors (Lipinski definition) is 6. The zero-order valence-corrected chi connectivity index (χ0v) is 12.4. The maximum Gasteiger partial charge on any atom is 0.306 e. The maximum atomic E-state index is 12.3. The standard InChI is InChI=1S/C14H16O5S/c1-17-8-4-11(18-2)14-10(15)6-9(7-13(16)19-3)20-12(14)5-8/h4-5,9H,6-7H2,1-3H3. The van der Waals surface area contributed by atoms with Gasteiger partial charge in [0.1, 0.15) is 11.5 Å². The number of thioether (sulfide) groups is 1. The normalized spacial score (nSPS) is 17.4. The molecular weight excluding hydrogens is 280 g/mol. The van der Waals surface area contributed by atoms with Gasteiger partial charge in [0, 0.05) is 22.6 Å². The van der Waals surface area contributed by atoms with Crippen LogP contribution >= 0.6 is 11.8 Å². The lowest BCUT2D eigenvalue weighted by molar-refractivity contribution is -0.140. The molecule has 1 unspecified atom stereocenters. The number of hydrogen-bond donors (Lipinski definition) is 0. The van der Waals surface area contributed by atoms with Crippen molar-refractivity contribution in [2.45, 2.75) is 23.0 Å². The minimum atomic E-state index is -0.311. The monoisotopic (exact) mass is 296 g/mol. The Balaban J connectivity index is 2.33. The first-order valence-corrected chi connectivity index (χ1v) is 6.99. The number of ketones is 1. The second-order valence-corrected chi connectivity index (χ2v) is 5.69. The highest BCUT2D eigenvalue weighted by molar-refractivity contribution is 8.00. The van der Waals surface area contributed by atoms with Crippen LogP contribution in [0.1, 0.15) is 23.2 Å². The fraction of sp³-hybridized carbons (Fsp3) is 0.429. The SMILES string of the molecule is COC(=O)CC1CC(=O)c2c(OC)cc(OC)cc2S1. The summed E-state index contributed by atoms with van der Waals surface area (Å²) in [5, 5.41) is -0.112. The maximum absolute atomic E-state index is 12.3. The van der Waals surface area contributed by atoms with E-state index in [0.717, 1.165) is 4.90 Å². The molecule has 1 heterocycles. The fourth-order valence-corrected chi connectivity index (χ4v) is 3.46. The van der Waals surface area contributed by atoms with Crippen molar-refractivity contribution in [2.75, 3.05) is 21.3 Å². The number of methoxy groups -OCH3 is 3. The summed E-state index contributed by atoms with van der Waals surface area (Å²) in [5.74, 6) is 0.800. The molecule has 0 fully saturated rings. The van der Waals surface area contributed by atoms with Crippen LogP contribution in [0.4, 0.5) is 0 Å². The van der Waals surface area contributed by atoms with E-state index in [0.29, 0.717) is 23.5 Å². The van der Waals surface area contributed by atoms with Crippen molar-refractivity contribution in [1.82, 2.24) is 0 Å². The lowest BCUT2D eigenvalue weighted by Gasteiger charge is -2.24. The predicted molar refractivity (Wildman–Crippen MR) is 74.8 cm³/mol. The molecule has 0 amide bonds. The van der Waals surface area contributed by atoms with E-state index in [4.69, 9.17) is 9.47 Å². The van der Waals surface area contributed by atoms with E-state index in [-0.39, 0.29) is 23.4 Å². The molecule has 0 aromatic heterocycles. The largest absolute Gasteiger partial charge is 0.497 e. The Morgan fingerprint density at radius 1 is 1.30 bits per heavy atom.